The number of ether oxygens (including phenoxy) is 2. The van der Waals surface area contributed by atoms with Crippen LogP contribution in [-0.2, 0) is 9.53 Å². The third kappa shape index (κ3) is 2.13. The largest absolute Gasteiger partial charge is 0.447 e. The van der Waals surface area contributed by atoms with Gasteiger partial charge < -0.3 is 9.47 Å². The zero-order valence-electron chi connectivity index (χ0n) is 8.80. The first-order valence-corrected chi connectivity index (χ1v) is 4.89. The summed E-state index contributed by atoms with van der Waals surface area (Å²) < 4.78 is 9.70. The standard InChI is InChI=1S/C11H11NO4/c1-8(13)16-10-4-2-9(3-5-10)12-6-7-15-11(12)14/h2-5H,6-7H2,1H3. The van der Waals surface area contributed by atoms with Gasteiger partial charge in [-0.25, -0.2) is 4.79 Å². The second-order valence-electron chi connectivity index (χ2n) is 3.35. The second kappa shape index (κ2) is 4.22. The Hall–Kier alpha value is -2.04. The number of esters is 1. The van der Waals surface area contributed by atoms with Crippen LogP contribution in [0, 0.1) is 0 Å². The van der Waals surface area contributed by atoms with Gasteiger partial charge in [0, 0.05) is 12.6 Å². The van der Waals surface area contributed by atoms with Crippen LogP contribution in [0.2, 0.25) is 0 Å². The summed E-state index contributed by atoms with van der Waals surface area (Å²) in [4.78, 5) is 23.5. The topological polar surface area (TPSA) is 55.8 Å². The molecule has 0 spiro atoms. The molecule has 1 saturated heterocycles. The highest BCUT2D eigenvalue weighted by molar-refractivity contribution is 5.89. The van der Waals surface area contributed by atoms with Gasteiger partial charge in [-0.3, -0.25) is 9.69 Å². The summed E-state index contributed by atoms with van der Waals surface area (Å²) in [6, 6.07) is 6.71. The Morgan fingerprint density at radius 3 is 2.56 bits per heavy atom. The van der Waals surface area contributed by atoms with E-state index in [1.807, 2.05) is 0 Å². The van der Waals surface area contributed by atoms with Crippen molar-refractivity contribution in [2.45, 2.75) is 6.92 Å². The molecule has 0 atom stereocenters. The number of amides is 1. The normalized spacial score (nSPS) is 14.8. The molecule has 1 aliphatic rings. The fourth-order valence-corrected chi connectivity index (χ4v) is 1.49. The maximum Gasteiger partial charge on any atom is 0.414 e. The van der Waals surface area contributed by atoms with Gasteiger partial charge in [-0.05, 0) is 24.3 Å². The molecule has 0 radical (unpaired) electrons. The summed E-state index contributed by atoms with van der Waals surface area (Å²) in [5.41, 5.74) is 0.735. The van der Waals surface area contributed by atoms with Crippen LogP contribution in [-0.4, -0.2) is 25.2 Å². The number of rotatable bonds is 2. The van der Waals surface area contributed by atoms with Gasteiger partial charge in [0.05, 0.1) is 6.54 Å². The molecule has 1 fully saturated rings. The zero-order chi connectivity index (χ0) is 11.5. The van der Waals surface area contributed by atoms with E-state index in [9.17, 15) is 9.59 Å². The minimum Gasteiger partial charge on any atom is -0.447 e. The van der Waals surface area contributed by atoms with Crippen molar-refractivity contribution >= 4 is 17.7 Å². The summed E-state index contributed by atoms with van der Waals surface area (Å²) in [6.07, 6.45) is -0.347. The SMILES string of the molecule is CC(=O)Oc1ccc(N2CCOC2=O)cc1. The molecule has 0 aliphatic carbocycles. The summed E-state index contributed by atoms with van der Waals surface area (Å²) >= 11 is 0. The van der Waals surface area contributed by atoms with Crippen LogP contribution in [0.5, 0.6) is 5.75 Å². The van der Waals surface area contributed by atoms with Crippen molar-refractivity contribution < 1.29 is 19.1 Å². The van der Waals surface area contributed by atoms with Crippen LogP contribution >= 0.6 is 0 Å². The highest BCUT2D eigenvalue weighted by atomic mass is 16.6. The second-order valence-corrected chi connectivity index (χ2v) is 3.35. The zero-order valence-corrected chi connectivity index (χ0v) is 8.80. The minimum absolute atomic E-state index is 0.347. The van der Waals surface area contributed by atoms with E-state index in [2.05, 4.69) is 0 Å². The first-order valence-electron chi connectivity index (χ1n) is 4.89. The van der Waals surface area contributed by atoms with Gasteiger partial charge in [0.1, 0.15) is 12.4 Å². The van der Waals surface area contributed by atoms with E-state index in [1.54, 1.807) is 24.3 Å². The summed E-state index contributed by atoms with van der Waals surface area (Å²) in [5, 5.41) is 0. The van der Waals surface area contributed by atoms with E-state index < -0.39 is 0 Å². The molecule has 1 heterocycles. The van der Waals surface area contributed by atoms with E-state index in [-0.39, 0.29) is 12.1 Å². The molecule has 0 saturated carbocycles. The molecule has 1 amide bonds. The molecule has 1 aromatic rings. The number of hydrogen-bond acceptors (Lipinski definition) is 4. The maximum atomic E-state index is 11.3. The molecule has 0 N–H and O–H groups in total. The van der Waals surface area contributed by atoms with Gasteiger partial charge in [-0.2, -0.15) is 0 Å². The van der Waals surface area contributed by atoms with E-state index in [0.29, 0.717) is 18.9 Å². The van der Waals surface area contributed by atoms with Gasteiger partial charge in [-0.15, -0.1) is 0 Å². The molecule has 84 valence electrons. The summed E-state index contributed by atoms with van der Waals surface area (Å²) in [6.45, 7) is 2.29. The number of anilines is 1. The first kappa shape index (κ1) is 10.5. The molecular formula is C11H11NO4. The molecule has 5 nitrogen and oxygen atoms in total. The van der Waals surface area contributed by atoms with Crippen molar-refractivity contribution in [1.29, 1.82) is 0 Å². The Bertz CT molecular complexity index is 412. The smallest absolute Gasteiger partial charge is 0.414 e. The molecule has 1 aromatic carbocycles. The third-order valence-corrected chi connectivity index (χ3v) is 2.17. The lowest BCUT2D eigenvalue weighted by Gasteiger charge is -2.12. The average molecular weight is 221 g/mol. The van der Waals surface area contributed by atoms with Crippen LogP contribution in [0.4, 0.5) is 10.5 Å². The minimum atomic E-state index is -0.367. The third-order valence-electron chi connectivity index (χ3n) is 2.17. The number of carbonyl (C=O) groups is 2. The van der Waals surface area contributed by atoms with Gasteiger partial charge in [-0.1, -0.05) is 0 Å². The van der Waals surface area contributed by atoms with Crippen molar-refractivity contribution in [3.8, 4) is 5.75 Å². The molecule has 0 aromatic heterocycles. The highest BCUT2D eigenvalue weighted by Gasteiger charge is 2.23. The Kier molecular flexibility index (Phi) is 2.76. The van der Waals surface area contributed by atoms with E-state index in [4.69, 9.17) is 9.47 Å². The van der Waals surface area contributed by atoms with Crippen molar-refractivity contribution in [3.05, 3.63) is 24.3 Å². The summed E-state index contributed by atoms with van der Waals surface area (Å²) in [7, 11) is 0. The van der Waals surface area contributed by atoms with Gasteiger partial charge in [0.15, 0.2) is 0 Å². The number of cyclic esters (lactones) is 1. The number of nitrogens with zero attached hydrogens (tertiary/aromatic N) is 1. The fourth-order valence-electron chi connectivity index (χ4n) is 1.49. The van der Waals surface area contributed by atoms with Crippen LogP contribution in [0.25, 0.3) is 0 Å². The van der Waals surface area contributed by atoms with Crippen molar-refractivity contribution in [2.75, 3.05) is 18.1 Å². The van der Waals surface area contributed by atoms with Gasteiger partial charge in [0.2, 0.25) is 0 Å². The number of hydrogen-bond donors (Lipinski definition) is 0. The lowest BCUT2D eigenvalue weighted by molar-refractivity contribution is -0.131. The van der Waals surface area contributed by atoms with Crippen molar-refractivity contribution in [3.63, 3.8) is 0 Å². The molecular weight excluding hydrogens is 210 g/mol. The Labute approximate surface area is 92.6 Å². The fraction of sp³-hybridized carbons (Fsp3) is 0.273. The highest BCUT2D eigenvalue weighted by Crippen LogP contribution is 2.22. The first-order chi connectivity index (χ1) is 7.66. The molecule has 5 heteroatoms. The number of carbonyl (C=O) groups excluding carboxylic acids is 2. The van der Waals surface area contributed by atoms with Crippen molar-refractivity contribution in [1.82, 2.24) is 0 Å². The predicted molar refractivity (Wildman–Crippen MR) is 56.4 cm³/mol. The van der Waals surface area contributed by atoms with Crippen LogP contribution in [0.3, 0.4) is 0 Å². The molecule has 2 rings (SSSR count). The predicted octanol–water partition coefficient (Wildman–Crippen LogP) is 1.57. The van der Waals surface area contributed by atoms with E-state index in [1.165, 1.54) is 11.8 Å². The van der Waals surface area contributed by atoms with Gasteiger partial charge >= 0.3 is 12.1 Å². The Morgan fingerprint density at radius 2 is 2.06 bits per heavy atom. The quantitative estimate of drug-likeness (QED) is 0.562. The molecule has 0 unspecified atom stereocenters. The number of benzene rings is 1. The van der Waals surface area contributed by atoms with E-state index >= 15 is 0 Å². The summed E-state index contributed by atoms with van der Waals surface area (Å²) in [5.74, 6) is 0.0946. The maximum absolute atomic E-state index is 11.3. The molecule has 16 heavy (non-hydrogen) atoms. The van der Waals surface area contributed by atoms with Crippen LogP contribution < -0.4 is 9.64 Å². The molecule has 0 bridgehead atoms. The van der Waals surface area contributed by atoms with Crippen LogP contribution in [0.15, 0.2) is 24.3 Å². The average Bonchev–Trinajstić information content (AvgIpc) is 2.65. The molecule has 1 aliphatic heterocycles. The lowest BCUT2D eigenvalue weighted by Crippen LogP contribution is -2.23. The van der Waals surface area contributed by atoms with Crippen LogP contribution in [0.1, 0.15) is 6.92 Å². The van der Waals surface area contributed by atoms with Crippen molar-refractivity contribution in [2.24, 2.45) is 0 Å². The van der Waals surface area contributed by atoms with Gasteiger partial charge in [0.25, 0.3) is 0 Å². The van der Waals surface area contributed by atoms with E-state index in [0.717, 1.165) is 5.69 Å². The Balaban J connectivity index is 2.12. The lowest BCUT2D eigenvalue weighted by atomic mass is 10.3. The monoisotopic (exact) mass is 221 g/mol. The Morgan fingerprint density at radius 1 is 1.38 bits per heavy atom.